The summed E-state index contributed by atoms with van der Waals surface area (Å²) in [5.41, 5.74) is 6.82. The van der Waals surface area contributed by atoms with Crippen molar-refractivity contribution in [2.45, 2.75) is 18.9 Å². The van der Waals surface area contributed by atoms with Crippen LogP contribution in [-0.4, -0.2) is 18.5 Å². The first-order valence-electron chi connectivity index (χ1n) is 5.18. The van der Waals surface area contributed by atoms with Gasteiger partial charge >= 0.3 is 0 Å². The van der Waals surface area contributed by atoms with Crippen LogP contribution in [-0.2, 0) is 0 Å². The zero-order chi connectivity index (χ0) is 11.5. The quantitative estimate of drug-likeness (QED) is 0.888. The maximum absolute atomic E-state index is 8.75. The first kappa shape index (κ1) is 14.4. The van der Waals surface area contributed by atoms with E-state index < -0.39 is 0 Å². The van der Waals surface area contributed by atoms with Gasteiger partial charge in [-0.05, 0) is 24.5 Å². The summed E-state index contributed by atoms with van der Waals surface area (Å²) in [6, 6.07) is 3.35. The van der Waals surface area contributed by atoms with Gasteiger partial charge in [-0.1, -0.05) is 11.6 Å². The second-order valence-corrected chi connectivity index (χ2v) is 4.11. The van der Waals surface area contributed by atoms with Crippen LogP contribution in [0.3, 0.4) is 0 Å². The van der Waals surface area contributed by atoms with E-state index in [2.05, 4.69) is 0 Å². The van der Waals surface area contributed by atoms with E-state index in [0.717, 1.165) is 5.56 Å². The van der Waals surface area contributed by atoms with Gasteiger partial charge < -0.3 is 20.3 Å². The summed E-state index contributed by atoms with van der Waals surface area (Å²) in [6.45, 7) is 0.358. The highest BCUT2D eigenvalue weighted by Crippen LogP contribution is 2.39. The summed E-state index contributed by atoms with van der Waals surface area (Å²) in [5, 5.41) is 9.33. The van der Waals surface area contributed by atoms with E-state index in [9.17, 15) is 0 Å². The monoisotopic (exact) mass is 279 g/mol. The minimum absolute atomic E-state index is 0. The van der Waals surface area contributed by atoms with E-state index in [1.165, 1.54) is 0 Å². The van der Waals surface area contributed by atoms with E-state index in [1.54, 1.807) is 6.07 Å². The molecule has 1 aliphatic heterocycles. The number of hydrogen-bond donors (Lipinski definition) is 2. The molecule has 0 saturated carbocycles. The fourth-order valence-electron chi connectivity index (χ4n) is 1.68. The molecule has 0 unspecified atom stereocenters. The van der Waals surface area contributed by atoms with Gasteiger partial charge in [-0.15, -0.1) is 12.4 Å². The number of aliphatic hydroxyl groups excluding tert-OH is 1. The van der Waals surface area contributed by atoms with Gasteiger partial charge in [-0.3, -0.25) is 0 Å². The summed E-state index contributed by atoms with van der Waals surface area (Å²) >= 11 is 6.10. The molecular weight excluding hydrogens is 265 g/mol. The van der Waals surface area contributed by atoms with Crippen LogP contribution in [0, 0.1) is 0 Å². The van der Waals surface area contributed by atoms with Crippen molar-refractivity contribution in [1.82, 2.24) is 0 Å². The maximum Gasteiger partial charge on any atom is 0.231 e. The molecule has 0 radical (unpaired) electrons. The van der Waals surface area contributed by atoms with Gasteiger partial charge in [-0.25, -0.2) is 0 Å². The SMILES string of the molecule is Cl.N[C@H](CCCO)c1cc2c(cc1Cl)OCO2. The zero-order valence-corrected chi connectivity index (χ0v) is 10.8. The van der Waals surface area contributed by atoms with Crippen molar-refractivity contribution in [2.75, 3.05) is 13.4 Å². The Labute approximate surface area is 111 Å². The second kappa shape index (κ2) is 6.31. The molecule has 1 atom stereocenters. The largest absolute Gasteiger partial charge is 0.454 e. The molecule has 6 heteroatoms. The molecule has 0 spiro atoms. The van der Waals surface area contributed by atoms with Crippen molar-refractivity contribution in [2.24, 2.45) is 5.73 Å². The number of aliphatic hydroxyl groups is 1. The second-order valence-electron chi connectivity index (χ2n) is 3.70. The molecule has 17 heavy (non-hydrogen) atoms. The lowest BCUT2D eigenvalue weighted by Gasteiger charge is -2.13. The molecule has 1 aliphatic rings. The van der Waals surface area contributed by atoms with Crippen LogP contribution >= 0.6 is 24.0 Å². The molecule has 4 nitrogen and oxygen atoms in total. The summed E-state index contributed by atoms with van der Waals surface area (Å²) in [7, 11) is 0. The topological polar surface area (TPSA) is 64.7 Å². The van der Waals surface area contributed by atoms with Gasteiger partial charge in [0.15, 0.2) is 11.5 Å². The lowest BCUT2D eigenvalue weighted by molar-refractivity contribution is 0.174. The highest BCUT2D eigenvalue weighted by atomic mass is 35.5. The minimum Gasteiger partial charge on any atom is -0.454 e. The van der Waals surface area contributed by atoms with Crippen molar-refractivity contribution >= 4 is 24.0 Å². The number of rotatable bonds is 4. The van der Waals surface area contributed by atoms with Gasteiger partial charge in [0.25, 0.3) is 0 Å². The van der Waals surface area contributed by atoms with E-state index in [-0.39, 0.29) is 31.8 Å². The molecule has 1 aromatic carbocycles. The van der Waals surface area contributed by atoms with Crippen LogP contribution in [0.15, 0.2) is 12.1 Å². The number of hydrogen-bond acceptors (Lipinski definition) is 4. The molecule has 1 aromatic rings. The van der Waals surface area contributed by atoms with Crippen molar-refractivity contribution in [3.8, 4) is 11.5 Å². The molecule has 2 rings (SSSR count). The van der Waals surface area contributed by atoms with Crippen molar-refractivity contribution in [3.05, 3.63) is 22.7 Å². The van der Waals surface area contributed by atoms with E-state index in [0.29, 0.717) is 29.4 Å². The lowest BCUT2D eigenvalue weighted by Crippen LogP contribution is -2.11. The predicted molar refractivity (Wildman–Crippen MR) is 68.1 cm³/mol. The highest BCUT2D eigenvalue weighted by molar-refractivity contribution is 6.31. The third-order valence-corrected chi connectivity index (χ3v) is 2.89. The van der Waals surface area contributed by atoms with Crippen LogP contribution in [0.2, 0.25) is 5.02 Å². The van der Waals surface area contributed by atoms with Gasteiger partial charge in [0, 0.05) is 23.7 Å². The predicted octanol–water partition coefficient (Wildman–Crippen LogP) is 2.26. The minimum atomic E-state index is -0.186. The summed E-state index contributed by atoms with van der Waals surface area (Å²) < 4.78 is 10.5. The smallest absolute Gasteiger partial charge is 0.231 e. The summed E-state index contributed by atoms with van der Waals surface area (Å²) in [6.07, 6.45) is 1.35. The maximum atomic E-state index is 8.75. The molecule has 0 fully saturated rings. The molecule has 0 bridgehead atoms. The van der Waals surface area contributed by atoms with Gasteiger partial charge in [-0.2, -0.15) is 0 Å². The van der Waals surface area contributed by atoms with E-state index in [1.807, 2.05) is 6.07 Å². The van der Waals surface area contributed by atoms with Crippen LogP contribution in [0.5, 0.6) is 11.5 Å². The molecule has 0 saturated heterocycles. The Morgan fingerprint density at radius 2 is 2.00 bits per heavy atom. The summed E-state index contributed by atoms with van der Waals surface area (Å²) in [5.74, 6) is 1.34. The molecule has 0 amide bonds. The van der Waals surface area contributed by atoms with Crippen LogP contribution in [0.4, 0.5) is 0 Å². The molecule has 96 valence electrons. The third kappa shape index (κ3) is 3.16. The Hall–Kier alpha value is -0.680. The van der Waals surface area contributed by atoms with Crippen LogP contribution < -0.4 is 15.2 Å². The zero-order valence-electron chi connectivity index (χ0n) is 9.19. The molecule has 3 N–H and O–H groups in total. The van der Waals surface area contributed by atoms with Gasteiger partial charge in [0.05, 0.1) is 0 Å². The first-order chi connectivity index (χ1) is 7.72. The average molecular weight is 280 g/mol. The van der Waals surface area contributed by atoms with Crippen molar-refractivity contribution in [1.29, 1.82) is 0 Å². The Morgan fingerprint density at radius 3 is 2.65 bits per heavy atom. The summed E-state index contributed by atoms with van der Waals surface area (Å²) in [4.78, 5) is 0. The fraction of sp³-hybridized carbons (Fsp3) is 0.455. The van der Waals surface area contributed by atoms with E-state index >= 15 is 0 Å². The first-order valence-corrected chi connectivity index (χ1v) is 5.55. The Morgan fingerprint density at radius 1 is 1.35 bits per heavy atom. The number of ether oxygens (including phenoxy) is 2. The Bertz CT molecular complexity index is 387. The third-order valence-electron chi connectivity index (χ3n) is 2.56. The highest BCUT2D eigenvalue weighted by Gasteiger charge is 2.19. The van der Waals surface area contributed by atoms with Gasteiger partial charge in [0.2, 0.25) is 6.79 Å². The molecule has 0 aliphatic carbocycles. The number of benzene rings is 1. The van der Waals surface area contributed by atoms with E-state index in [4.69, 9.17) is 31.9 Å². The van der Waals surface area contributed by atoms with Gasteiger partial charge in [0.1, 0.15) is 0 Å². The van der Waals surface area contributed by atoms with Crippen molar-refractivity contribution in [3.63, 3.8) is 0 Å². The molecular formula is C11H15Cl2NO3. The fourth-order valence-corrected chi connectivity index (χ4v) is 1.98. The number of halogens is 2. The van der Waals surface area contributed by atoms with Crippen molar-refractivity contribution < 1.29 is 14.6 Å². The normalized spacial score (nSPS) is 14.3. The molecule has 1 heterocycles. The number of fused-ring (bicyclic) bond motifs is 1. The van der Waals surface area contributed by atoms with Crippen LogP contribution in [0.1, 0.15) is 24.4 Å². The lowest BCUT2D eigenvalue weighted by atomic mass is 10.0. The number of nitrogens with two attached hydrogens (primary N) is 1. The standard InChI is InChI=1S/C11H14ClNO3.ClH/c12-8-5-11-10(15-6-16-11)4-7(8)9(13)2-1-3-14;/h4-5,9,14H,1-3,6,13H2;1H/t9-;/m1./s1. The average Bonchev–Trinajstić information content (AvgIpc) is 2.71. The Balaban J connectivity index is 0.00000144. The molecule has 0 aromatic heterocycles. The Kier molecular flexibility index (Phi) is 5.33. The van der Waals surface area contributed by atoms with Crippen LogP contribution in [0.25, 0.3) is 0 Å².